The molecule has 0 atom stereocenters. The van der Waals surface area contributed by atoms with Crippen LogP contribution >= 0.6 is 35.4 Å². The van der Waals surface area contributed by atoms with Gasteiger partial charge in [-0.05, 0) is 36.0 Å². The van der Waals surface area contributed by atoms with Crippen molar-refractivity contribution in [1.29, 1.82) is 0 Å². The van der Waals surface area contributed by atoms with Crippen molar-refractivity contribution >= 4 is 46.8 Å². The molecule has 0 saturated carbocycles. The van der Waals surface area contributed by atoms with Crippen molar-refractivity contribution < 1.29 is 4.42 Å². The molecule has 0 amide bonds. The number of nitrogens with one attached hydrogen (secondary N) is 2. The highest BCUT2D eigenvalue weighted by atomic mass is 35.5. The van der Waals surface area contributed by atoms with E-state index < -0.39 is 0 Å². The molecule has 1 aromatic heterocycles. The molecule has 0 spiro atoms. The van der Waals surface area contributed by atoms with E-state index in [0.717, 1.165) is 37.4 Å². The van der Waals surface area contributed by atoms with Gasteiger partial charge in [0.15, 0.2) is 0 Å². The molecule has 1 fully saturated rings. The maximum absolute atomic E-state index is 6.30. The summed E-state index contributed by atoms with van der Waals surface area (Å²) in [6.45, 7) is 4.52. The molecule has 9 heteroatoms. The van der Waals surface area contributed by atoms with Gasteiger partial charge in [0.2, 0.25) is 5.89 Å². The first-order valence-corrected chi connectivity index (χ1v) is 10.6. The van der Waals surface area contributed by atoms with Crippen molar-refractivity contribution in [2.75, 3.05) is 31.5 Å². The van der Waals surface area contributed by atoms with E-state index in [1.54, 1.807) is 16.8 Å². The first-order chi connectivity index (χ1) is 14.1. The molecule has 2 aromatic carbocycles. The number of nitrogens with zero attached hydrogens (tertiary/aromatic N) is 3. The highest BCUT2D eigenvalue weighted by Gasteiger charge is 2.15. The van der Waals surface area contributed by atoms with Crippen LogP contribution in [0.4, 0.5) is 11.4 Å². The van der Waals surface area contributed by atoms with Crippen LogP contribution in [0.15, 0.2) is 46.9 Å². The Kier molecular flexibility index (Phi) is 6.52. The highest BCUT2D eigenvalue weighted by Crippen LogP contribution is 2.34. The predicted molar refractivity (Wildman–Crippen MR) is 119 cm³/mol. The summed E-state index contributed by atoms with van der Waals surface area (Å²) < 4.78 is 7.50. The Balaban J connectivity index is 1.53. The molecule has 1 aliphatic heterocycles. The minimum atomic E-state index is 0.387. The molecule has 2 N–H and O–H groups in total. The molecule has 0 aliphatic carbocycles. The van der Waals surface area contributed by atoms with Gasteiger partial charge in [-0.2, -0.15) is 0 Å². The zero-order valence-corrected chi connectivity index (χ0v) is 18.0. The van der Waals surface area contributed by atoms with Crippen molar-refractivity contribution in [3.05, 3.63) is 68.8 Å². The van der Waals surface area contributed by atoms with Gasteiger partial charge in [0.25, 0.3) is 4.84 Å². The third-order valence-corrected chi connectivity index (χ3v) is 5.70. The fourth-order valence-electron chi connectivity index (χ4n) is 3.26. The molecule has 6 nitrogen and oxygen atoms in total. The normalized spacial score (nSPS) is 14.8. The molecule has 2 heterocycles. The number of anilines is 2. The van der Waals surface area contributed by atoms with Crippen LogP contribution in [-0.2, 0) is 13.1 Å². The summed E-state index contributed by atoms with van der Waals surface area (Å²) in [5.74, 6) is 0.574. The number of rotatable bonds is 6. The molecule has 152 valence electrons. The van der Waals surface area contributed by atoms with Crippen molar-refractivity contribution in [1.82, 2.24) is 20.0 Å². The van der Waals surface area contributed by atoms with Crippen LogP contribution < -0.4 is 10.6 Å². The summed E-state index contributed by atoms with van der Waals surface area (Å²) >= 11 is 18.0. The van der Waals surface area contributed by atoms with Crippen molar-refractivity contribution in [2.24, 2.45) is 0 Å². The summed E-state index contributed by atoms with van der Waals surface area (Å²) in [6, 6.07) is 13.3. The standard InChI is InChI=1S/C20H21Cl2N5OS/c21-15-5-3-6-16(22)19(15)24-17-7-2-1-4-14(17)12-18-25-27(20(29)28-18)13-26-10-8-23-9-11-26/h1-7,23-24H,8-13H2. The maximum Gasteiger partial charge on any atom is 0.288 e. The van der Waals surface area contributed by atoms with Gasteiger partial charge in [-0.3, -0.25) is 4.90 Å². The minimum absolute atomic E-state index is 0.387. The molecule has 29 heavy (non-hydrogen) atoms. The quantitative estimate of drug-likeness (QED) is 0.531. The van der Waals surface area contributed by atoms with Crippen LogP contribution in [0.2, 0.25) is 10.0 Å². The Morgan fingerprint density at radius 2 is 1.79 bits per heavy atom. The van der Waals surface area contributed by atoms with Crippen LogP contribution in [-0.4, -0.2) is 40.9 Å². The summed E-state index contributed by atoms with van der Waals surface area (Å²) in [5, 5.41) is 12.4. The molecule has 1 saturated heterocycles. The van der Waals surface area contributed by atoms with Crippen LogP contribution in [0.5, 0.6) is 0 Å². The Labute approximate surface area is 184 Å². The van der Waals surface area contributed by atoms with Crippen LogP contribution in [0.3, 0.4) is 0 Å². The highest BCUT2D eigenvalue weighted by molar-refractivity contribution is 7.71. The SMILES string of the molecule is S=c1oc(Cc2ccccc2Nc2c(Cl)cccc2Cl)nn1CN1CCNCC1. The maximum atomic E-state index is 6.30. The van der Waals surface area contributed by atoms with Crippen LogP contribution in [0.25, 0.3) is 0 Å². The lowest BCUT2D eigenvalue weighted by atomic mass is 10.1. The summed E-state index contributed by atoms with van der Waals surface area (Å²) in [7, 11) is 0. The number of para-hydroxylation sites is 2. The Hall–Kier alpha value is -1.90. The van der Waals surface area contributed by atoms with E-state index in [2.05, 4.69) is 20.6 Å². The zero-order valence-electron chi connectivity index (χ0n) is 15.7. The molecular weight excluding hydrogens is 429 g/mol. The average molecular weight is 450 g/mol. The summed E-state index contributed by atoms with van der Waals surface area (Å²) in [5.41, 5.74) is 2.57. The third-order valence-electron chi connectivity index (χ3n) is 4.77. The number of halogens is 2. The second-order valence-electron chi connectivity index (χ2n) is 6.83. The van der Waals surface area contributed by atoms with E-state index in [1.165, 1.54) is 0 Å². The van der Waals surface area contributed by atoms with E-state index in [-0.39, 0.29) is 0 Å². The fraction of sp³-hybridized carbons (Fsp3) is 0.300. The fourth-order valence-corrected chi connectivity index (χ4v) is 3.95. The van der Waals surface area contributed by atoms with E-state index in [1.807, 2.05) is 30.3 Å². The molecular formula is C20H21Cl2N5OS. The molecule has 3 aromatic rings. The molecule has 4 rings (SSSR count). The number of piperazine rings is 1. The van der Waals surface area contributed by atoms with E-state index in [4.69, 9.17) is 39.8 Å². The predicted octanol–water partition coefficient (Wildman–Crippen LogP) is 4.71. The number of aromatic nitrogens is 2. The largest absolute Gasteiger partial charge is 0.414 e. The van der Waals surface area contributed by atoms with E-state index in [9.17, 15) is 0 Å². The third kappa shape index (κ3) is 4.99. The van der Waals surface area contributed by atoms with Gasteiger partial charge in [-0.25, -0.2) is 4.68 Å². The average Bonchev–Trinajstić information content (AvgIpc) is 3.05. The first-order valence-electron chi connectivity index (χ1n) is 9.39. The van der Waals surface area contributed by atoms with Crippen molar-refractivity contribution in [3.63, 3.8) is 0 Å². The lowest BCUT2D eigenvalue weighted by Crippen LogP contribution is -2.44. The number of hydrogen-bond acceptors (Lipinski definition) is 6. The summed E-state index contributed by atoms with van der Waals surface area (Å²) in [4.78, 5) is 2.69. The second-order valence-corrected chi connectivity index (χ2v) is 7.99. The molecule has 0 unspecified atom stereocenters. The number of hydrogen-bond donors (Lipinski definition) is 2. The van der Waals surface area contributed by atoms with Gasteiger partial charge in [0, 0.05) is 31.9 Å². The number of benzene rings is 2. The molecule has 1 aliphatic rings. The molecule has 0 bridgehead atoms. The zero-order chi connectivity index (χ0) is 20.2. The topological polar surface area (TPSA) is 58.3 Å². The molecule has 0 radical (unpaired) electrons. The Morgan fingerprint density at radius 3 is 2.55 bits per heavy atom. The van der Waals surface area contributed by atoms with Gasteiger partial charge in [0.1, 0.15) is 0 Å². The van der Waals surface area contributed by atoms with Crippen molar-refractivity contribution in [2.45, 2.75) is 13.1 Å². The first kappa shape index (κ1) is 20.4. The van der Waals surface area contributed by atoms with Gasteiger partial charge in [-0.15, -0.1) is 5.10 Å². The summed E-state index contributed by atoms with van der Waals surface area (Å²) in [6.07, 6.45) is 0.503. The van der Waals surface area contributed by atoms with Crippen LogP contribution in [0.1, 0.15) is 11.5 Å². The van der Waals surface area contributed by atoms with Gasteiger partial charge < -0.3 is 15.1 Å². The minimum Gasteiger partial charge on any atom is -0.414 e. The second kappa shape index (κ2) is 9.28. The van der Waals surface area contributed by atoms with Gasteiger partial charge in [-0.1, -0.05) is 47.5 Å². The smallest absolute Gasteiger partial charge is 0.288 e. The van der Waals surface area contributed by atoms with Gasteiger partial charge in [0.05, 0.1) is 28.8 Å². The van der Waals surface area contributed by atoms with Crippen molar-refractivity contribution in [3.8, 4) is 0 Å². The van der Waals surface area contributed by atoms with Crippen LogP contribution in [0, 0.1) is 4.84 Å². The van der Waals surface area contributed by atoms with Gasteiger partial charge >= 0.3 is 0 Å². The monoisotopic (exact) mass is 449 g/mol. The Bertz CT molecular complexity index is 1030. The van der Waals surface area contributed by atoms with E-state index in [0.29, 0.717) is 39.6 Å². The lowest BCUT2D eigenvalue weighted by Gasteiger charge is -2.26. The lowest BCUT2D eigenvalue weighted by molar-refractivity contribution is 0.180. The Morgan fingerprint density at radius 1 is 1.07 bits per heavy atom. The van der Waals surface area contributed by atoms with E-state index >= 15 is 0 Å².